The van der Waals surface area contributed by atoms with Gasteiger partial charge in [-0.15, -0.1) is 0 Å². The zero-order chi connectivity index (χ0) is 10.6. The minimum Gasteiger partial charge on any atom is -0.383 e. The summed E-state index contributed by atoms with van der Waals surface area (Å²) in [5.74, 6) is -0.208. The molecular formula is C11H16FNO. The van der Waals surface area contributed by atoms with Gasteiger partial charge in [0.2, 0.25) is 0 Å². The third-order valence-electron chi connectivity index (χ3n) is 2.03. The highest BCUT2D eigenvalue weighted by Crippen LogP contribution is 2.14. The first-order valence-corrected chi connectivity index (χ1v) is 4.56. The van der Waals surface area contributed by atoms with Gasteiger partial charge in [0.25, 0.3) is 0 Å². The fraction of sp³-hybridized carbons (Fsp3) is 0.455. The number of methoxy groups -OCH3 is 1. The Morgan fingerprint density at radius 1 is 1.43 bits per heavy atom. The fourth-order valence-corrected chi connectivity index (χ4v) is 1.46. The molecule has 1 rings (SSSR count). The van der Waals surface area contributed by atoms with Crippen LogP contribution in [0.4, 0.5) is 4.39 Å². The van der Waals surface area contributed by atoms with Gasteiger partial charge < -0.3 is 10.5 Å². The molecular weight excluding hydrogens is 181 g/mol. The molecule has 0 saturated carbocycles. The van der Waals surface area contributed by atoms with Crippen LogP contribution in [-0.2, 0) is 11.2 Å². The maximum absolute atomic E-state index is 13.3. The van der Waals surface area contributed by atoms with Crippen LogP contribution in [-0.4, -0.2) is 19.3 Å². The first kappa shape index (κ1) is 11.1. The monoisotopic (exact) mass is 197 g/mol. The third-order valence-corrected chi connectivity index (χ3v) is 2.03. The van der Waals surface area contributed by atoms with Crippen LogP contribution in [0.5, 0.6) is 0 Å². The molecule has 1 aromatic rings. The molecule has 2 nitrogen and oxygen atoms in total. The Labute approximate surface area is 83.9 Å². The van der Waals surface area contributed by atoms with E-state index in [0.717, 1.165) is 0 Å². The van der Waals surface area contributed by atoms with Crippen molar-refractivity contribution in [2.45, 2.75) is 18.9 Å². The molecule has 0 aliphatic rings. The van der Waals surface area contributed by atoms with Crippen molar-refractivity contribution in [2.24, 2.45) is 5.73 Å². The molecule has 0 bridgehead atoms. The zero-order valence-electron chi connectivity index (χ0n) is 8.59. The smallest absolute Gasteiger partial charge is 0.126 e. The van der Waals surface area contributed by atoms with Crippen LogP contribution in [0.3, 0.4) is 0 Å². The molecule has 2 N–H and O–H groups in total. The van der Waals surface area contributed by atoms with Crippen LogP contribution in [0.25, 0.3) is 0 Å². The van der Waals surface area contributed by atoms with Gasteiger partial charge in [-0.05, 0) is 25.0 Å². The lowest BCUT2D eigenvalue weighted by Crippen LogP contribution is -2.43. The van der Waals surface area contributed by atoms with E-state index in [1.165, 1.54) is 6.07 Å². The van der Waals surface area contributed by atoms with E-state index < -0.39 is 5.54 Å². The Balaban J connectivity index is 2.73. The van der Waals surface area contributed by atoms with Crippen LogP contribution < -0.4 is 5.73 Å². The average Bonchev–Trinajstić information content (AvgIpc) is 2.08. The number of benzene rings is 1. The topological polar surface area (TPSA) is 35.2 Å². The second kappa shape index (κ2) is 4.53. The normalized spacial score (nSPS) is 15.1. The van der Waals surface area contributed by atoms with Crippen molar-refractivity contribution in [1.29, 1.82) is 0 Å². The largest absolute Gasteiger partial charge is 0.383 e. The maximum atomic E-state index is 13.3. The van der Waals surface area contributed by atoms with Crippen LogP contribution in [0.15, 0.2) is 24.3 Å². The van der Waals surface area contributed by atoms with Crippen molar-refractivity contribution in [3.8, 4) is 0 Å². The summed E-state index contributed by atoms with van der Waals surface area (Å²) in [7, 11) is 1.59. The third kappa shape index (κ3) is 3.09. The summed E-state index contributed by atoms with van der Waals surface area (Å²) >= 11 is 0. The highest BCUT2D eigenvalue weighted by atomic mass is 19.1. The fourth-order valence-electron chi connectivity index (χ4n) is 1.46. The van der Waals surface area contributed by atoms with E-state index in [0.29, 0.717) is 18.6 Å². The molecule has 78 valence electrons. The Morgan fingerprint density at radius 2 is 2.07 bits per heavy atom. The molecule has 1 unspecified atom stereocenters. The van der Waals surface area contributed by atoms with Crippen molar-refractivity contribution >= 4 is 0 Å². The van der Waals surface area contributed by atoms with Gasteiger partial charge in [-0.25, -0.2) is 4.39 Å². The lowest BCUT2D eigenvalue weighted by molar-refractivity contribution is 0.140. The van der Waals surface area contributed by atoms with Gasteiger partial charge in [0.15, 0.2) is 0 Å². The van der Waals surface area contributed by atoms with Crippen molar-refractivity contribution in [2.75, 3.05) is 13.7 Å². The first-order valence-electron chi connectivity index (χ1n) is 4.56. The van der Waals surface area contributed by atoms with E-state index in [4.69, 9.17) is 10.5 Å². The molecule has 14 heavy (non-hydrogen) atoms. The maximum Gasteiger partial charge on any atom is 0.126 e. The minimum absolute atomic E-state index is 0.208. The summed E-state index contributed by atoms with van der Waals surface area (Å²) in [5.41, 5.74) is 6.05. The SMILES string of the molecule is COCC(C)(N)Cc1ccccc1F. The zero-order valence-corrected chi connectivity index (χ0v) is 8.59. The Morgan fingerprint density at radius 3 is 2.64 bits per heavy atom. The van der Waals surface area contributed by atoms with Crippen LogP contribution in [0.1, 0.15) is 12.5 Å². The summed E-state index contributed by atoms with van der Waals surface area (Å²) in [6.07, 6.45) is 0.480. The average molecular weight is 197 g/mol. The number of hydrogen-bond acceptors (Lipinski definition) is 2. The number of nitrogens with two attached hydrogens (primary N) is 1. The number of hydrogen-bond donors (Lipinski definition) is 1. The van der Waals surface area contributed by atoms with Crippen molar-refractivity contribution < 1.29 is 9.13 Å². The molecule has 0 spiro atoms. The molecule has 1 atom stereocenters. The standard InChI is InChI=1S/C11H16FNO/c1-11(13,8-14-2)7-9-5-3-4-6-10(9)12/h3-6H,7-8,13H2,1-2H3. The second-order valence-electron chi connectivity index (χ2n) is 3.86. The number of ether oxygens (including phenoxy) is 1. The molecule has 0 aliphatic carbocycles. The van der Waals surface area contributed by atoms with Gasteiger partial charge in [0.05, 0.1) is 6.61 Å². The van der Waals surface area contributed by atoms with Gasteiger partial charge in [-0.2, -0.15) is 0 Å². The minimum atomic E-state index is -0.517. The summed E-state index contributed by atoms with van der Waals surface area (Å²) in [6, 6.07) is 6.67. The predicted octanol–water partition coefficient (Wildman–Crippen LogP) is 1.73. The van der Waals surface area contributed by atoms with Crippen LogP contribution in [0.2, 0.25) is 0 Å². The first-order chi connectivity index (χ1) is 6.55. The van der Waals surface area contributed by atoms with Crippen molar-refractivity contribution in [3.63, 3.8) is 0 Å². The van der Waals surface area contributed by atoms with Gasteiger partial charge in [-0.1, -0.05) is 18.2 Å². The van der Waals surface area contributed by atoms with E-state index in [-0.39, 0.29) is 5.82 Å². The lowest BCUT2D eigenvalue weighted by Gasteiger charge is -2.23. The Kier molecular flexibility index (Phi) is 3.61. The summed E-state index contributed by atoms with van der Waals surface area (Å²) in [4.78, 5) is 0. The molecule has 3 heteroatoms. The molecule has 0 fully saturated rings. The van der Waals surface area contributed by atoms with Crippen LogP contribution >= 0.6 is 0 Å². The van der Waals surface area contributed by atoms with E-state index in [9.17, 15) is 4.39 Å². The van der Waals surface area contributed by atoms with Crippen LogP contribution in [0, 0.1) is 5.82 Å². The summed E-state index contributed by atoms with van der Waals surface area (Å²) in [6.45, 7) is 2.27. The van der Waals surface area contributed by atoms with Crippen molar-refractivity contribution in [1.82, 2.24) is 0 Å². The molecule has 1 aromatic carbocycles. The van der Waals surface area contributed by atoms with E-state index in [2.05, 4.69) is 0 Å². The van der Waals surface area contributed by atoms with Gasteiger partial charge in [0, 0.05) is 12.6 Å². The quantitative estimate of drug-likeness (QED) is 0.797. The lowest BCUT2D eigenvalue weighted by atomic mass is 9.94. The van der Waals surface area contributed by atoms with Gasteiger partial charge in [-0.3, -0.25) is 0 Å². The van der Waals surface area contributed by atoms with Crippen molar-refractivity contribution in [3.05, 3.63) is 35.6 Å². The molecule has 0 aromatic heterocycles. The molecule has 0 heterocycles. The molecule has 0 saturated heterocycles. The molecule has 0 radical (unpaired) electrons. The highest BCUT2D eigenvalue weighted by molar-refractivity contribution is 5.19. The van der Waals surface area contributed by atoms with Gasteiger partial charge >= 0.3 is 0 Å². The summed E-state index contributed by atoms with van der Waals surface area (Å²) < 4.78 is 18.2. The Bertz CT molecular complexity index is 299. The highest BCUT2D eigenvalue weighted by Gasteiger charge is 2.20. The Hall–Kier alpha value is -0.930. The predicted molar refractivity (Wildman–Crippen MR) is 54.6 cm³/mol. The van der Waals surface area contributed by atoms with Gasteiger partial charge in [0.1, 0.15) is 5.82 Å². The molecule has 0 amide bonds. The van der Waals surface area contributed by atoms with E-state index >= 15 is 0 Å². The number of rotatable bonds is 4. The number of halogens is 1. The van der Waals surface area contributed by atoms with E-state index in [1.54, 1.807) is 25.3 Å². The second-order valence-corrected chi connectivity index (χ2v) is 3.86. The van der Waals surface area contributed by atoms with E-state index in [1.807, 2.05) is 6.92 Å². The summed E-state index contributed by atoms with van der Waals surface area (Å²) in [5, 5.41) is 0. The molecule has 0 aliphatic heterocycles.